The van der Waals surface area contributed by atoms with Crippen molar-refractivity contribution >= 4 is 23.4 Å². The molecule has 0 saturated heterocycles. The van der Waals surface area contributed by atoms with Gasteiger partial charge in [-0.2, -0.15) is 0 Å². The molecule has 0 bridgehead atoms. The van der Waals surface area contributed by atoms with E-state index >= 15 is 0 Å². The molecule has 2 atom stereocenters. The van der Waals surface area contributed by atoms with Crippen molar-refractivity contribution in [3.8, 4) is 0 Å². The monoisotopic (exact) mass is 479 g/mol. The standard InChI is InChI=1S/C26H33N5O4/c1-18(32)23(20-12-8-5-9-13-20)31-14-22(28-17-31)30-24(33)21(29-25(34)26(2,3)27)16-35-15-19-10-6-4-7-11-19/h4,6-8,10-14,17,21,23H,5,9,15-16,27H2,1-3H3,(H,29,34)(H,30,33). The van der Waals surface area contributed by atoms with Crippen molar-refractivity contribution in [3.05, 3.63) is 72.2 Å². The van der Waals surface area contributed by atoms with Gasteiger partial charge in [0.15, 0.2) is 11.6 Å². The van der Waals surface area contributed by atoms with E-state index in [0.29, 0.717) is 0 Å². The molecule has 2 aromatic rings. The Morgan fingerprint density at radius 2 is 1.94 bits per heavy atom. The van der Waals surface area contributed by atoms with Gasteiger partial charge in [-0.15, -0.1) is 0 Å². The topological polar surface area (TPSA) is 128 Å². The highest BCUT2D eigenvalue weighted by atomic mass is 16.5. The number of nitrogens with two attached hydrogens (primary N) is 1. The first-order valence-electron chi connectivity index (χ1n) is 11.6. The Labute approximate surface area is 205 Å². The molecule has 0 radical (unpaired) electrons. The van der Waals surface area contributed by atoms with Crippen molar-refractivity contribution in [2.75, 3.05) is 11.9 Å². The molecule has 1 aromatic heterocycles. The number of allylic oxidation sites excluding steroid dienone is 4. The number of amides is 2. The molecule has 1 aliphatic carbocycles. The van der Waals surface area contributed by atoms with Crippen LogP contribution >= 0.6 is 0 Å². The molecule has 186 valence electrons. The number of anilines is 1. The van der Waals surface area contributed by atoms with Crippen LogP contribution in [0.2, 0.25) is 0 Å². The van der Waals surface area contributed by atoms with E-state index in [2.05, 4.69) is 15.6 Å². The molecule has 9 nitrogen and oxygen atoms in total. The Hall–Kier alpha value is -3.56. The average Bonchev–Trinajstić information content (AvgIpc) is 3.26. The van der Waals surface area contributed by atoms with E-state index in [0.717, 1.165) is 24.0 Å². The number of imidazole rings is 1. The van der Waals surface area contributed by atoms with Crippen LogP contribution in [0.1, 0.15) is 45.2 Å². The van der Waals surface area contributed by atoms with Crippen molar-refractivity contribution < 1.29 is 19.1 Å². The largest absolute Gasteiger partial charge is 0.374 e. The molecule has 0 saturated carbocycles. The first-order chi connectivity index (χ1) is 16.6. The summed E-state index contributed by atoms with van der Waals surface area (Å²) >= 11 is 0. The summed E-state index contributed by atoms with van der Waals surface area (Å²) in [7, 11) is 0. The molecule has 1 aromatic carbocycles. The van der Waals surface area contributed by atoms with Crippen molar-refractivity contribution in [2.24, 2.45) is 5.73 Å². The lowest BCUT2D eigenvalue weighted by Gasteiger charge is -2.23. The maximum absolute atomic E-state index is 13.0. The Bertz CT molecular complexity index is 1100. The first kappa shape index (κ1) is 26.1. The molecule has 9 heteroatoms. The quantitative estimate of drug-likeness (QED) is 0.455. The Balaban J connectivity index is 1.70. The van der Waals surface area contributed by atoms with Gasteiger partial charge in [0.05, 0.1) is 25.1 Å². The fourth-order valence-electron chi connectivity index (χ4n) is 3.61. The average molecular weight is 480 g/mol. The summed E-state index contributed by atoms with van der Waals surface area (Å²) < 4.78 is 7.38. The van der Waals surface area contributed by atoms with Gasteiger partial charge in [0.25, 0.3) is 5.91 Å². The molecule has 1 heterocycles. The fourth-order valence-corrected chi connectivity index (χ4v) is 3.61. The third kappa shape index (κ3) is 7.46. The number of aromatic nitrogens is 2. The van der Waals surface area contributed by atoms with E-state index in [1.807, 2.05) is 48.6 Å². The van der Waals surface area contributed by atoms with Crippen LogP contribution in [0, 0.1) is 0 Å². The molecular formula is C26H33N5O4. The van der Waals surface area contributed by atoms with Crippen LogP contribution in [0.4, 0.5) is 5.82 Å². The Morgan fingerprint density at radius 3 is 2.57 bits per heavy atom. The van der Waals surface area contributed by atoms with Crippen LogP contribution < -0.4 is 16.4 Å². The van der Waals surface area contributed by atoms with Gasteiger partial charge in [0.1, 0.15) is 12.1 Å². The van der Waals surface area contributed by atoms with Gasteiger partial charge in [-0.05, 0) is 44.7 Å². The van der Waals surface area contributed by atoms with E-state index in [9.17, 15) is 14.4 Å². The van der Waals surface area contributed by atoms with Gasteiger partial charge in [-0.3, -0.25) is 14.4 Å². The number of nitrogens with zero attached hydrogens (tertiary/aromatic N) is 2. The summed E-state index contributed by atoms with van der Waals surface area (Å²) in [5.74, 6) is -0.769. The van der Waals surface area contributed by atoms with Crippen molar-refractivity contribution in [1.82, 2.24) is 14.9 Å². The number of rotatable bonds is 11. The number of Topliss-reactive ketones (excluding diaryl/α,β-unsaturated/α-hetero) is 1. The van der Waals surface area contributed by atoms with Crippen LogP contribution in [0.3, 0.4) is 0 Å². The van der Waals surface area contributed by atoms with Gasteiger partial charge in [0, 0.05) is 6.20 Å². The number of nitrogens with one attached hydrogen (secondary N) is 2. The molecule has 2 amide bonds. The number of ether oxygens (including phenoxy) is 1. The van der Waals surface area contributed by atoms with Crippen LogP contribution in [0.25, 0.3) is 0 Å². The minimum absolute atomic E-state index is 0.0392. The van der Waals surface area contributed by atoms with E-state index in [1.165, 1.54) is 13.3 Å². The number of ketones is 1. The lowest BCUT2D eigenvalue weighted by molar-refractivity contribution is -0.130. The molecule has 0 spiro atoms. The van der Waals surface area contributed by atoms with E-state index in [-0.39, 0.29) is 24.8 Å². The number of hydrogen-bond donors (Lipinski definition) is 3. The highest BCUT2D eigenvalue weighted by molar-refractivity contribution is 5.98. The molecule has 0 aliphatic heterocycles. The summed E-state index contributed by atoms with van der Waals surface area (Å²) in [6.07, 6.45) is 10.9. The summed E-state index contributed by atoms with van der Waals surface area (Å²) in [5.41, 5.74) is 6.56. The molecule has 1 aliphatic rings. The minimum atomic E-state index is -1.17. The highest BCUT2D eigenvalue weighted by Gasteiger charge is 2.29. The molecule has 35 heavy (non-hydrogen) atoms. The van der Waals surface area contributed by atoms with E-state index in [4.69, 9.17) is 10.5 Å². The van der Waals surface area contributed by atoms with Crippen LogP contribution in [-0.4, -0.2) is 45.3 Å². The van der Waals surface area contributed by atoms with Gasteiger partial charge in [-0.1, -0.05) is 48.6 Å². The normalized spacial score (nSPS) is 15.1. The second-order valence-corrected chi connectivity index (χ2v) is 9.14. The number of carbonyl (C=O) groups excluding carboxylic acids is 3. The predicted molar refractivity (Wildman–Crippen MR) is 133 cm³/mol. The second-order valence-electron chi connectivity index (χ2n) is 9.14. The summed E-state index contributed by atoms with van der Waals surface area (Å²) in [4.78, 5) is 42.1. The van der Waals surface area contributed by atoms with Crippen LogP contribution in [0.5, 0.6) is 0 Å². The third-order valence-electron chi connectivity index (χ3n) is 5.48. The molecular weight excluding hydrogens is 446 g/mol. The van der Waals surface area contributed by atoms with E-state index < -0.39 is 29.4 Å². The van der Waals surface area contributed by atoms with Crippen LogP contribution in [0.15, 0.2) is 66.7 Å². The van der Waals surface area contributed by atoms with Crippen molar-refractivity contribution in [3.63, 3.8) is 0 Å². The van der Waals surface area contributed by atoms with E-state index in [1.54, 1.807) is 24.6 Å². The molecule has 3 rings (SSSR count). The Kier molecular flexibility index (Phi) is 8.73. The van der Waals surface area contributed by atoms with Crippen molar-refractivity contribution in [2.45, 2.75) is 57.8 Å². The number of hydrogen-bond acceptors (Lipinski definition) is 6. The Morgan fingerprint density at radius 1 is 1.20 bits per heavy atom. The zero-order chi connectivity index (χ0) is 25.4. The van der Waals surface area contributed by atoms with Gasteiger partial charge >= 0.3 is 0 Å². The SMILES string of the molecule is CC(=O)C(C1=CCCC=C1)n1cnc(NC(=O)C(COCc2ccccc2)NC(=O)C(C)(C)N)c1. The maximum atomic E-state index is 13.0. The molecule has 0 fully saturated rings. The predicted octanol–water partition coefficient (Wildman–Crippen LogP) is 2.67. The highest BCUT2D eigenvalue weighted by Crippen LogP contribution is 2.25. The summed E-state index contributed by atoms with van der Waals surface area (Å²) in [6.45, 7) is 4.86. The number of benzene rings is 1. The summed E-state index contributed by atoms with van der Waals surface area (Å²) in [6, 6.07) is 7.99. The summed E-state index contributed by atoms with van der Waals surface area (Å²) in [5, 5.41) is 5.36. The second kappa shape index (κ2) is 11.7. The fraction of sp³-hybridized carbons (Fsp3) is 0.385. The lowest BCUT2D eigenvalue weighted by atomic mass is 9.97. The maximum Gasteiger partial charge on any atom is 0.250 e. The van der Waals surface area contributed by atoms with Crippen LogP contribution in [-0.2, 0) is 25.7 Å². The smallest absolute Gasteiger partial charge is 0.250 e. The molecule has 2 unspecified atom stereocenters. The number of carbonyl (C=O) groups is 3. The van der Waals surface area contributed by atoms with Crippen molar-refractivity contribution in [1.29, 1.82) is 0 Å². The zero-order valence-electron chi connectivity index (χ0n) is 20.4. The van der Waals surface area contributed by atoms with Gasteiger partial charge in [0.2, 0.25) is 5.91 Å². The lowest BCUT2D eigenvalue weighted by Crippen LogP contribution is -2.56. The third-order valence-corrected chi connectivity index (χ3v) is 5.48. The molecule has 4 N–H and O–H groups in total. The van der Waals surface area contributed by atoms with Gasteiger partial charge < -0.3 is 25.7 Å². The first-order valence-corrected chi connectivity index (χ1v) is 11.6. The van der Waals surface area contributed by atoms with Gasteiger partial charge in [-0.25, -0.2) is 4.98 Å². The minimum Gasteiger partial charge on any atom is -0.374 e. The zero-order valence-corrected chi connectivity index (χ0v) is 20.4.